The number of sulfonamides is 1. The summed E-state index contributed by atoms with van der Waals surface area (Å²) in [5.41, 5.74) is 1.99. The van der Waals surface area contributed by atoms with Crippen LogP contribution < -0.4 is 0 Å². The molecule has 0 unspecified atom stereocenters. The van der Waals surface area contributed by atoms with E-state index in [1.807, 2.05) is 17.0 Å². The van der Waals surface area contributed by atoms with Crippen LogP contribution in [-0.4, -0.2) is 49.7 Å². The summed E-state index contributed by atoms with van der Waals surface area (Å²) < 4.78 is 27.3. The highest BCUT2D eigenvalue weighted by molar-refractivity contribution is 7.91. The molecule has 5 nitrogen and oxygen atoms in total. The summed E-state index contributed by atoms with van der Waals surface area (Å²) in [5, 5.41) is 1.80. The van der Waals surface area contributed by atoms with Gasteiger partial charge in [0.25, 0.3) is 15.9 Å². The van der Waals surface area contributed by atoms with E-state index in [0.29, 0.717) is 23.2 Å². The van der Waals surface area contributed by atoms with Crippen molar-refractivity contribution in [2.75, 3.05) is 26.2 Å². The molecule has 2 saturated heterocycles. The third kappa shape index (κ3) is 4.16. The van der Waals surface area contributed by atoms with Gasteiger partial charge in [0.1, 0.15) is 4.21 Å². The number of thiophene rings is 1. The van der Waals surface area contributed by atoms with Crippen molar-refractivity contribution in [1.29, 1.82) is 0 Å². The van der Waals surface area contributed by atoms with Gasteiger partial charge >= 0.3 is 0 Å². The molecule has 7 heteroatoms. The Labute approximate surface area is 171 Å². The predicted molar refractivity (Wildman–Crippen MR) is 111 cm³/mol. The summed E-state index contributed by atoms with van der Waals surface area (Å²) in [5.74, 6) is 0.617. The van der Waals surface area contributed by atoms with Crippen molar-refractivity contribution in [1.82, 2.24) is 9.21 Å². The molecule has 0 aliphatic carbocycles. The highest BCUT2D eigenvalue weighted by Gasteiger charge is 2.30. The summed E-state index contributed by atoms with van der Waals surface area (Å²) in [7, 11) is -3.33. The van der Waals surface area contributed by atoms with Crippen molar-refractivity contribution < 1.29 is 13.2 Å². The van der Waals surface area contributed by atoms with Gasteiger partial charge in [-0.3, -0.25) is 4.79 Å². The molecule has 0 radical (unpaired) electrons. The molecule has 1 aromatic heterocycles. The van der Waals surface area contributed by atoms with E-state index in [1.54, 1.807) is 21.8 Å². The lowest BCUT2D eigenvalue weighted by Crippen LogP contribution is -2.38. The van der Waals surface area contributed by atoms with Crippen LogP contribution in [0.5, 0.6) is 0 Å². The molecule has 150 valence electrons. The smallest absolute Gasteiger partial charge is 0.253 e. The summed E-state index contributed by atoms with van der Waals surface area (Å²) in [4.78, 5) is 14.4. The summed E-state index contributed by atoms with van der Waals surface area (Å²) in [6.45, 7) is 2.90. The first-order valence-corrected chi connectivity index (χ1v) is 12.3. The van der Waals surface area contributed by atoms with Gasteiger partial charge in [-0.1, -0.05) is 18.2 Å². The van der Waals surface area contributed by atoms with E-state index in [-0.39, 0.29) is 5.91 Å². The molecule has 28 heavy (non-hydrogen) atoms. The van der Waals surface area contributed by atoms with E-state index in [2.05, 4.69) is 12.1 Å². The number of carbonyl (C=O) groups excluding carboxylic acids is 1. The molecule has 1 amide bonds. The maximum Gasteiger partial charge on any atom is 0.253 e. The van der Waals surface area contributed by atoms with E-state index >= 15 is 0 Å². The average Bonchev–Trinajstić information content (AvgIpc) is 3.43. The summed E-state index contributed by atoms with van der Waals surface area (Å²) >= 11 is 1.28. The van der Waals surface area contributed by atoms with Gasteiger partial charge in [0, 0.05) is 31.7 Å². The standard InChI is InChI=1S/C21H26N2O3S2/c24-21(22-11-1-2-12-22)19-7-5-17(6-8-19)16-18-9-13-23(14-10-18)28(25,26)20-4-3-15-27-20/h3-8,15,18H,1-2,9-14,16H2. The number of hydrogen-bond acceptors (Lipinski definition) is 4. The van der Waals surface area contributed by atoms with Gasteiger partial charge in [-0.2, -0.15) is 4.31 Å². The van der Waals surface area contributed by atoms with Crippen molar-refractivity contribution in [2.24, 2.45) is 5.92 Å². The lowest BCUT2D eigenvalue weighted by Gasteiger charge is -2.31. The van der Waals surface area contributed by atoms with E-state index < -0.39 is 10.0 Å². The number of nitrogens with zero attached hydrogens (tertiary/aromatic N) is 2. The first kappa shape index (κ1) is 19.6. The molecule has 2 aromatic rings. The maximum absolute atomic E-state index is 12.6. The van der Waals surface area contributed by atoms with Crippen LogP contribution in [0.1, 0.15) is 41.6 Å². The number of likely N-dealkylation sites (tertiary alicyclic amines) is 1. The van der Waals surface area contributed by atoms with Crippen LogP contribution in [-0.2, 0) is 16.4 Å². The molecular formula is C21H26N2O3S2. The molecule has 0 bridgehead atoms. The monoisotopic (exact) mass is 418 g/mol. The third-order valence-electron chi connectivity index (χ3n) is 5.78. The molecule has 0 N–H and O–H groups in total. The number of rotatable bonds is 5. The first-order valence-electron chi connectivity index (χ1n) is 9.96. The summed E-state index contributed by atoms with van der Waals surface area (Å²) in [6.07, 6.45) is 4.89. The van der Waals surface area contributed by atoms with E-state index in [1.165, 1.54) is 16.9 Å². The van der Waals surface area contributed by atoms with Crippen molar-refractivity contribution in [3.63, 3.8) is 0 Å². The van der Waals surface area contributed by atoms with Crippen LogP contribution in [0.25, 0.3) is 0 Å². The minimum atomic E-state index is -3.33. The van der Waals surface area contributed by atoms with Crippen molar-refractivity contribution >= 4 is 27.3 Å². The number of carbonyl (C=O) groups is 1. The molecule has 3 heterocycles. The molecule has 1 aromatic carbocycles. The van der Waals surface area contributed by atoms with Gasteiger partial charge in [0.2, 0.25) is 0 Å². The Hall–Kier alpha value is -1.70. The minimum absolute atomic E-state index is 0.135. The van der Waals surface area contributed by atoms with Crippen molar-refractivity contribution in [2.45, 2.75) is 36.3 Å². The lowest BCUT2D eigenvalue weighted by molar-refractivity contribution is 0.0793. The van der Waals surface area contributed by atoms with Gasteiger partial charge in [0.05, 0.1) is 0 Å². The Morgan fingerprint density at radius 2 is 1.68 bits per heavy atom. The molecule has 2 fully saturated rings. The Balaban J connectivity index is 1.32. The fourth-order valence-electron chi connectivity index (χ4n) is 4.11. The molecule has 0 atom stereocenters. The van der Waals surface area contributed by atoms with Crippen LogP contribution in [0.4, 0.5) is 0 Å². The second-order valence-electron chi connectivity index (χ2n) is 7.68. The fraction of sp³-hybridized carbons (Fsp3) is 0.476. The van der Waals surface area contributed by atoms with Gasteiger partial charge in [-0.05, 0) is 67.2 Å². The molecular weight excluding hydrogens is 392 g/mol. The van der Waals surface area contributed by atoms with Crippen LogP contribution in [0.2, 0.25) is 0 Å². The zero-order valence-corrected chi connectivity index (χ0v) is 17.6. The van der Waals surface area contributed by atoms with Gasteiger partial charge < -0.3 is 4.90 Å². The molecule has 0 spiro atoms. The van der Waals surface area contributed by atoms with Gasteiger partial charge in [-0.25, -0.2) is 8.42 Å². The highest BCUT2D eigenvalue weighted by atomic mass is 32.2. The Bertz CT molecular complexity index is 894. The number of piperidine rings is 1. The molecule has 4 rings (SSSR count). The first-order chi connectivity index (χ1) is 13.5. The number of hydrogen-bond donors (Lipinski definition) is 0. The molecule has 2 aliphatic heterocycles. The second kappa shape index (κ2) is 8.35. The van der Waals surface area contributed by atoms with Crippen LogP contribution in [0, 0.1) is 5.92 Å². The van der Waals surface area contributed by atoms with Crippen LogP contribution in [0.3, 0.4) is 0 Å². The Morgan fingerprint density at radius 1 is 1.00 bits per heavy atom. The topological polar surface area (TPSA) is 57.7 Å². The molecule has 0 saturated carbocycles. The highest BCUT2D eigenvalue weighted by Crippen LogP contribution is 2.28. The fourth-order valence-corrected chi connectivity index (χ4v) is 6.73. The van der Waals surface area contributed by atoms with Crippen LogP contribution in [0.15, 0.2) is 46.0 Å². The minimum Gasteiger partial charge on any atom is -0.339 e. The lowest BCUT2D eigenvalue weighted by atomic mass is 9.90. The van der Waals surface area contributed by atoms with E-state index in [9.17, 15) is 13.2 Å². The third-order valence-corrected chi connectivity index (χ3v) is 9.05. The zero-order valence-electron chi connectivity index (χ0n) is 15.9. The normalized spacial score (nSPS) is 19.2. The number of benzene rings is 1. The van der Waals surface area contributed by atoms with Crippen LogP contribution >= 0.6 is 11.3 Å². The SMILES string of the molecule is O=C(c1ccc(CC2CCN(S(=O)(=O)c3cccs3)CC2)cc1)N1CCCC1. The quantitative estimate of drug-likeness (QED) is 0.745. The van der Waals surface area contributed by atoms with E-state index in [0.717, 1.165) is 50.8 Å². The average molecular weight is 419 g/mol. The second-order valence-corrected chi connectivity index (χ2v) is 10.8. The summed E-state index contributed by atoms with van der Waals surface area (Å²) in [6, 6.07) is 11.4. The molecule has 2 aliphatic rings. The van der Waals surface area contributed by atoms with E-state index in [4.69, 9.17) is 0 Å². The largest absolute Gasteiger partial charge is 0.339 e. The van der Waals surface area contributed by atoms with Gasteiger partial charge in [0.15, 0.2) is 0 Å². The van der Waals surface area contributed by atoms with Crippen molar-refractivity contribution in [3.05, 3.63) is 52.9 Å². The predicted octanol–water partition coefficient (Wildman–Crippen LogP) is 3.63. The Morgan fingerprint density at radius 3 is 2.29 bits per heavy atom. The van der Waals surface area contributed by atoms with Gasteiger partial charge in [-0.15, -0.1) is 11.3 Å². The maximum atomic E-state index is 12.6. The number of amides is 1. The Kier molecular flexibility index (Phi) is 5.85. The zero-order chi connectivity index (χ0) is 19.6. The van der Waals surface area contributed by atoms with Crippen molar-refractivity contribution in [3.8, 4) is 0 Å².